The van der Waals surface area contributed by atoms with Crippen LogP contribution < -0.4 is 0 Å². The normalized spacial score (nSPS) is 24.2. The molecular weight excluding hydrogens is 154 g/mol. The van der Waals surface area contributed by atoms with Crippen LogP contribution in [0.1, 0.15) is 12.8 Å². The van der Waals surface area contributed by atoms with Crippen molar-refractivity contribution in [1.82, 2.24) is 4.90 Å². The predicted octanol–water partition coefficient (Wildman–Crippen LogP) is 0.416. The van der Waals surface area contributed by atoms with Crippen LogP contribution in [0.15, 0.2) is 0 Å². The first-order chi connectivity index (χ1) is 5.68. The van der Waals surface area contributed by atoms with Crippen LogP contribution in [-0.4, -0.2) is 36.1 Å². The highest BCUT2D eigenvalue weighted by molar-refractivity contribution is 5.86. The molecule has 1 saturated heterocycles. The Morgan fingerprint density at radius 2 is 2.42 bits per heavy atom. The van der Waals surface area contributed by atoms with Crippen LogP contribution in [0.25, 0.3) is 0 Å². The van der Waals surface area contributed by atoms with E-state index in [4.69, 9.17) is 5.11 Å². The quantitative estimate of drug-likeness (QED) is 0.531. The van der Waals surface area contributed by atoms with Crippen molar-refractivity contribution in [2.45, 2.75) is 12.8 Å². The number of hydrogen-bond acceptors (Lipinski definition) is 2. The van der Waals surface area contributed by atoms with Gasteiger partial charge in [0.1, 0.15) is 0 Å². The Labute approximate surface area is 72.4 Å². The van der Waals surface area contributed by atoms with Crippen molar-refractivity contribution in [2.75, 3.05) is 20.1 Å². The molecule has 1 N–H and O–H groups in total. The van der Waals surface area contributed by atoms with E-state index in [-0.39, 0.29) is 5.92 Å². The van der Waals surface area contributed by atoms with E-state index in [9.17, 15) is 4.79 Å². The highest BCUT2D eigenvalue weighted by Crippen LogP contribution is 2.13. The molecule has 0 spiro atoms. The predicted molar refractivity (Wildman–Crippen MR) is 45.6 cm³/mol. The van der Waals surface area contributed by atoms with Gasteiger partial charge in [0.25, 0.3) is 0 Å². The lowest BCUT2D eigenvalue weighted by atomic mass is 9.99. The van der Waals surface area contributed by atoms with Gasteiger partial charge in [-0.1, -0.05) is 5.92 Å². The summed E-state index contributed by atoms with van der Waals surface area (Å²) in [5.74, 6) is 4.16. The summed E-state index contributed by atoms with van der Waals surface area (Å²) in [5.41, 5.74) is 0. The van der Waals surface area contributed by atoms with Crippen molar-refractivity contribution >= 4 is 5.97 Å². The van der Waals surface area contributed by atoms with Gasteiger partial charge in [-0.2, -0.15) is 0 Å². The Morgan fingerprint density at radius 1 is 1.67 bits per heavy atom. The number of carboxylic acid groups (broad SMARTS) is 1. The van der Waals surface area contributed by atoms with Gasteiger partial charge in [-0.25, -0.2) is 4.79 Å². The molecule has 1 heterocycles. The van der Waals surface area contributed by atoms with Crippen molar-refractivity contribution in [2.24, 2.45) is 5.92 Å². The molecule has 1 fully saturated rings. The molecule has 0 aromatic rings. The molecule has 0 aromatic heterocycles. The van der Waals surface area contributed by atoms with Crippen LogP contribution >= 0.6 is 0 Å². The maximum Gasteiger partial charge on any atom is 0.381 e. The standard InChI is InChI=1S/C9H13NO2/c1-10-6-2-3-8(7-10)4-5-9(11)12/h8H,2-3,6-7H2,1H3,(H,11,12). The molecule has 1 atom stereocenters. The summed E-state index contributed by atoms with van der Waals surface area (Å²) in [4.78, 5) is 12.3. The molecule has 3 heteroatoms. The van der Waals surface area contributed by atoms with E-state index in [1.807, 2.05) is 7.05 Å². The minimum absolute atomic E-state index is 0.250. The smallest absolute Gasteiger partial charge is 0.381 e. The van der Waals surface area contributed by atoms with E-state index in [1.54, 1.807) is 0 Å². The molecule has 3 nitrogen and oxygen atoms in total. The SMILES string of the molecule is CN1CCCC(C#CC(=O)O)C1. The number of carboxylic acids is 1. The Hall–Kier alpha value is -1.01. The fourth-order valence-corrected chi connectivity index (χ4v) is 1.45. The maximum absolute atomic E-state index is 10.1. The van der Waals surface area contributed by atoms with Gasteiger partial charge >= 0.3 is 5.97 Å². The molecule has 1 rings (SSSR count). The highest BCUT2D eigenvalue weighted by atomic mass is 16.4. The summed E-state index contributed by atoms with van der Waals surface area (Å²) < 4.78 is 0. The summed E-state index contributed by atoms with van der Waals surface area (Å²) in [6, 6.07) is 0. The third kappa shape index (κ3) is 2.93. The second kappa shape index (κ2) is 4.13. The molecule has 0 aromatic carbocycles. The third-order valence-corrected chi connectivity index (χ3v) is 2.01. The molecule has 1 aliphatic rings. The zero-order chi connectivity index (χ0) is 8.97. The van der Waals surface area contributed by atoms with E-state index in [0.29, 0.717) is 0 Å². The second-order valence-electron chi connectivity index (χ2n) is 3.18. The molecule has 0 aliphatic carbocycles. The number of likely N-dealkylation sites (tertiary alicyclic amines) is 1. The van der Waals surface area contributed by atoms with Crippen molar-refractivity contribution in [3.05, 3.63) is 0 Å². The van der Waals surface area contributed by atoms with Crippen molar-refractivity contribution in [1.29, 1.82) is 0 Å². The average Bonchev–Trinajstić information content (AvgIpc) is 2.01. The summed E-state index contributed by atoms with van der Waals surface area (Å²) in [5, 5.41) is 8.32. The van der Waals surface area contributed by atoms with Gasteiger partial charge in [-0.3, -0.25) is 0 Å². The van der Waals surface area contributed by atoms with Crippen LogP contribution in [-0.2, 0) is 4.79 Å². The molecule has 0 bridgehead atoms. The van der Waals surface area contributed by atoms with E-state index >= 15 is 0 Å². The summed E-state index contributed by atoms with van der Waals surface area (Å²) in [7, 11) is 2.04. The summed E-state index contributed by atoms with van der Waals surface area (Å²) in [6.07, 6.45) is 2.15. The fraction of sp³-hybridized carbons (Fsp3) is 0.667. The molecule has 12 heavy (non-hydrogen) atoms. The lowest BCUT2D eigenvalue weighted by molar-refractivity contribution is -0.130. The summed E-state index contributed by atoms with van der Waals surface area (Å²) >= 11 is 0. The molecule has 0 radical (unpaired) electrons. The monoisotopic (exact) mass is 167 g/mol. The number of aliphatic carboxylic acids is 1. The first kappa shape index (κ1) is 9.08. The first-order valence-electron chi connectivity index (χ1n) is 4.11. The summed E-state index contributed by atoms with van der Waals surface area (Å²) in [6.45, 7) is 2.01. The molecule has 0 saturated carbocycles. The fourth-order valence-electron chi connectivity index (χ4n) is 1.45. The minimum Gasteiger partial charge on any atom is -0.472 e. The van der Waals surface area contributed by atoms with E-state index in [1.165, 1.54) is 0 Å². The molecule has 1 unspecified atom stereocenters. The van der Waals surface area contributed by atoms with E-state index < -0.39 is 5.97 Å². The molecular formula is C9H13NO2. The van der Waals surface area contributed by atoms with Gasteiger partial charge < -0.3 is 10.0 Å². The van der Waals surface area contributed by atoms with Crippen LogP contribution in [0.3, 0.4) is 0 Å². The maximum atomic E-state index is 10.1. The third-order valence-electron chi connectivity index (χ3n) is 2.01. The number of hydrogen-bond donors (Lipinski definition) is 1. The lowest BCUT2D eigenvalue weighted by Crippen LogP contribution is -2.31. The van der Waals surface area contributed by atoms with Gasteiger partial charge in [0, 0.05) is 18.4 Å². The van der Waals surface area contributed by atoms with E-state index in [0.717, 1.165) is 25.9 Å². The zero-order valence-corrected chi connectivity index (χ0v) is 7.21. The van der Waals surface area contributed by atoms with Crippen molar-refractivity contribution < 1.29 is 9.90 Å². The lowest BCUT2D eigenvalue weighted by Gasteiger charge is -2.26. The van der Waals surface area contributed by atoms with Gasteiger partial charge in [0.15, 0.2) is 0 Å². The Morgan fingerprint density at radius 3 is 3.00 bits per heavy atom. The zero-order valence-electron chi connectivity index (χ0n) is 7.21. The van der Waals surface area contributed by atoms with Crippen LogP contribution in [0, 0.1) is 17.8 Å². The largest absolute Gasteiger partial charge is 0.472 e. The topological polar surface area (TPSA) is 40.5 Å². The van der Waals surface area contributed by atoms with Crippen LogP contribution in [0.2, 0.25) is 0 Å². The van der Waals surface area contributed by atoms with Gasteiger partial charge in [-0.15, -0.1) is 0 Å². The Balaban J connectivity index is 2.43. The van der Waals surface area contributed by atoms with Gasteiger partial charge in [0.2, 0.25) is 0 Å². The van der Waals surface area contributed by atoms with Crippen LogP contribution in [0.4, 0.5) is 0 Å². The second-order valence-corrected chi connectivity index (χ2v) is 3.18. The van der Waals surface area contributed by atoms with Crippen LogP contribution in [0.5, 0.6) is 0 Å². The van der Waals surface area contributed by atoms with Gasteiger partial charge in [0.05, 0.1) is 0 Å². The van der Waals surface area contributed by atoms with Crippen molar-refractivity contribution in [3.8, 4) is 11.8 Å². The molecule has 66 valence electrons. The highest BCUT2D eigenvalue weighted by Gasteiger charge is 2.14. The average molecular weight is 167 g/mol. The Kier molecular flexibility index (Phi) is 3.12. The first-order valence-corrected chi connectivity index (χ1v) is 4.11. The number of rotatable bonds is 0. The Bertz CT molecular complexity index is 226. The molecule has 0 amide bonds. The molecule has 1 aliphatic heterocycles. The number of nitrogens with zero attached hydrogens (tertiary/aromatic N) is 1. The number of carbonyl (C=O) groups is 1. The van der Waals surface area contributed by atoms with E-state index in [2.05, 4.69) is 16.7 Å². The van der Waals surface area contributed by atoms with Gasteiger partial charge in [-0.05, 0) is 26.4 Å². The minimum atomic E-state index is -1.02. The van der Waals surface area contributed by atoms with Crippen molar-refractivity contribution in [3.63, 3.8) is 0 Å². The number of piperidine rings is 1.